The maximum absolute atomic E-state index is 11.9. The van der Waals surface area contributed by atoms with Gasteiger partial charge in [-0.2, -0.15) is 0 Å². The summed E-state index contributed by atoms with van der Waals surface area (Å²) in [6.45, 7) is 3.56. The normalized spacial score (nSPS) is 11.1. The van der Waals surface area contributed by atoms with Crippen molar-refractivity contribution in [1.29, 1.82) is 0 Å². The van der Waals surface area contributed by atoms with Gasteiger partial charge in [0.15, 0.2) is 0 Å². The molecule has 0 aliphatic rings. The van der Waals surface area contributed by atoms with E-state index in [1.807, 2.05) is 0 Å². The predicted octanol–water partition coefficient (Wildman–Crippen LogP) is 1.24. The molecule has 3 N–H and O–H groups in total. The second-order valence-electron chi connectivity index (χ2n) is 3.59. The van der Waals surface area contributed by atoms with Crippen molar-refractivity contribution in [2.75, 3.05) is 19.4 Å². The topological polar surface area (TPSA) is 98.5 Å². The average molecular weight is 349 g/mol. The molecule has 0 spiro atoms. The second kappa shape index (κ2) is 6.18. The molecule has 6 nitrogen and oxygen atoms in total. The highest BCUT2D eigenvalue weighted by Crippen LogP contribution is 2.20. The van der Waals surface area contributed by atoms with Gasteiger partial charge in [-0.05, 0) is 18.2 Å². The molecule has 0 amide bonds. The minimum absolute atomic E-state index is 0.0319. The minimum Gasteiger partial charge on any atom is -0.465 e. The van der Waals surface area contributed by atoms with E-state index in [0.29, 0.717) is 4.48 Å². The zero-order valence-corrected chi connectivity index (χ0v) is 12.5. The highest BCUT2D eigenvalue weighted by Gasteiger charge is 2.18. The van der Waals surface area contributed by atoms with Gasteiger partial charge >= 0.3 is 5.97 Å². The third-order valence-corrected chi connectivity index (χ3v) is 3.93. The molecule has 0 aromatic heterocycles. The first-order chi connectivity index (χ1) is 8.77. The van der Waals surface area contributed by atoms with Crippen molar-refractivity contribution in [1.82, 2.24) is 4.72 Å². The molecule has 8 heteroatoms. The number of esters is 1. The summed E-state index contributed by atoms with van der Waals surface area (Å²) in [5.74, 6) is -0.586. The smallest absolute Gasteiger partial charge is 0.337 e. The quantitative estimate of drug-likeness (QED) is 0.616. The van der Waals surface area contributed by atoms with E-state index in [-0.39, 0.29) is 22.7 Å². The molecular weight excluding hydrogens is 336 g/mol. The minimum atomic E-state index is -3.75. The van der Waals surface area contributed by atoms with Gasteiger partial charge in [0.05, 0.1) is 18.4 Å². The summed E-state index contributed by atoms with van der Waals surface area (Å²) in [4.78, 5) is 11.2. The summed E-state index contributed by atoms with van der Waals surface area (Å²) in [6.07, 6.45) is 0. The predicted molar refractivity (Wildman–Crippen MR) is 75.4 cm³/mol. The number of nitrogens with one attached hydrogen (secondary N) is 1. The number of nitrogen functional groups attached to an aromatic ring is 1. The number of rotatable bonds is 5. The van der Waals surface area contributed by atoms with Crippen molar-refractivity contribution in [2.24, 2.45) is 0 Å². The Balaban J connectivity index is 3.08. The Labute approximate surface area is 119 Å². The fourth-order valence-electron chi connectivity index (χ4n) is 1.29. The van der Waals surface area contributed by atoms with Crippen molar-refractivity contribution in [2.45, 2.75) is 4.90 Å². The van der Waals surface area contributed by atoms with Crippen molar-refractivity contribution < 1.29 is 17.9 Å². The Morgan fingerprint density at radius 3 is 2.63 bits per heavy atom. The number of hydrogen-bond donors (Lipinski definition) is 2. The Hall–Kier alpha value is -1.38. The van der Waals surface area contributed by atoms with E-state index < -0.39 is 16.0 Å². The van der Waals surface area contributed by atoms with Crippen LogP contribution in [-0.4, -0.2) is 28.0 Å². The molecule has 0 unspecified atom stereocenters. The Kier molecular flexibility index (Phi) is 5.10. The second-order valence-corrected chi connectivity index (χ2v) is 6.44. The van der Waals surface area contributed by atoms with Crippen LogP contribution >= 0.6 is 15.9 Å². The third kappa shape index (κ3) is 4.05. The van der Waals surface area contributed by atoms with E-state index in [9.17, 15) is 13.2 Å². The maximum Gasteiger partial charge on any atom is 0.337 e. The molecule has 0 fully saturated rings. The van der Waals surface area contributed by atoms with Crippen LogP contribution in [0.5, 0.6) is 0 Å². The first kappa shape index (κ1) is 15.7. The molecule has 0 saturated carbocycles. The summed E-state index contributed by atoms with van der Waals surface area (Å²) in [7, 11) is -2.52. The lowest BCUT2D eigenvalue weighted by Crippen LogP contribution is -2.25. The summed E-state index contributed by atoms with van der Waals surface area (Å²) < 4.78 is 31.2. The molecule has 0 aliphatic heterocycles. The monoisotopic (exact) mass is 348 g/mol. The summed E-state index contributed by atoms with van der Waals surface area (Å²) in [5, 5.41) is 0. The number of carbonyl (C=O) groups excluding carboxylic acids is 1. The van der Waals surface area contributed by atoms with Crippen LogP contribution in [-0.2, 0) is 14.8 Å². The lowest BCUT2D eigenvalue weighted by atomic mass is 10.2. The van der Waals surface area contributed by atoms with E-state index in [0.717, 1.165) is 0 Å². The molecule has 104 valence electrons. The zero-order valence-electron chi connectivity index (χ0n) is 10.1. The van der Waals surface area contributed by atoms with Crippen molar-refractivity contribution in [3.05, 3.63) is 34.8 Å². The number of methoxy groups -OCH3 is 1. The summed E-state index contributed by atoms with van der Waals surface area (Å²) >= 11 is 3.04. The number of ether oxygens (including phenoxy) is 1. The molecule has 0 radical (unpaired) electrons. The number of benzene rings is 1. The number of anilines is 1. The number of halogens is 1. The van der Waals surface area contributed by atoms with E-state index in [2.05, 4.69) is 32.0 Å². The molecule has 0 saturated heterocycles. The van der Waals surface area contributed by atoms with Gasteiger partial charge in [0.2, 0.25) is 10.0 Å². The molecule has 0 bridgehead atoms. The largest absolute Gasteiger partial charge is 0.465 e. The van der Waals surface area contributed by atoms with Gasteiger partial charge in [-0.25, -0.2) is 17.9 Å². The SMILES string of the molecule is C=C(Br)CNS(=O)(=O)c1ccc(C(=O)OC)cc1N. The van der Waals surface area contributed by atoms with Crippen molar-refractivity contribution >= 4 is 37.6 Å². The Morgan fingerprint density at radius 1 is 1.53 bits per heavy atom. The number of nitrogens with two attached hydrogens (primary N) is 1. The van der Waals surface area contributed by atoms with E-state index >= 15 is 0 Å². The van der Waals surface area contributed by atoms with Crippen LogP contribution in [0.1, 0.15) is 10.4 Å². The Morgan fingerprint density at radius 2 is 2.16 bits per heavy atom. The molecule has 1 rings (SSSR count). The molecule has 1 aromatic rings. The molecular formula is C11H13BrN2O4S. The lowest BCUT2D eigenvalue weighted by Gasteiger charge is -2.09. The van der Waals surface area contributed by atoms with Crippen LogP contribution in [0.4, 0.5) is 5.69 Å². The highest BCUT2D eigenvalue weighted by molar-refractivity contribution is 9.11. The van der Waals surface area contributed by atoms with Gasteiger partial charge in [0.1, 0.15) is 4.90 Å². The molecule has 1 aromatic carbocycles. The van der Waals surface area contributed by atoms with Gasteiger partial charge in [-0.1, -0.05) is 22.5 Å². The Bertz CT molecular complexity index is 613. The van der Waals surface area contributed by atoms with Crippen LogP contribution in [0.25, 0.3) is 0 Å². The van der Waals surface area contributed by atoms with Gasteiger partial charge in [0, 0.05) is 11.0 Å². The van der Waals surface area contributed by atoms with Gasteiger partial charge < -0.3 is 10.5 Å². The first-order valence-corrected chi connectivity index (χ1v) is 7.36. The van der Waals surface area contributed by atoms with Crippen LogP contribution in [0.2, 0.25) is 0 Å². The standard InChI is InChI=1S/C11H13BrN2O4S/c1-7(12)6-14-19(16,17)10-4-3-8(5-9(10)13)11(15)18-2/h3-5,14H,1,6,13H2,2H3. The fraction of sp³-hybridized carbons (Fsp3) is 0.182. The average Bonchev–Trinajstić information content (AvgIpc) is 2.35. The maximum atomic E-state index is 11.9. The summed E-state index contributed by atoms with van der Waals surface area (Å²) in [5.41, 5.74) is 5.80. The molecule has 0 atom stereocenters. The van der Waals surface area contributed by atoms with E-state index in [1.54, 1.807) is 0 Å². The zero-order chi connectivity index (χ0) is 14.6. The number of hydrogen-bond acceptors (Lipinski definition) is 5. The van der Waals surface area contributed by atoms with Crippen molar-refractivity contribution in [3.8, 4) is 0 Å². The number of carbonyl (C=O) groups is 1. The van der Waals surface area contributed by atoms with E-state index in [4.69, 9.17) is 5.73 Å². The third-order valence-electron chi connectivity index (χ3n) is 2.17. The molecule has 19 heavy (non-hydrogen) atoms. The van der Waals surface area contributed by atoms with Crippen LogP contribution < -0.4 is 10.5 Å². The highest BCUT2D eigenvalue weighted by atomic mass is 79.9. The first-order valence-electron chi connectivity index (χ1n) is 5.08. The van der Waals surface area contributed by atoms with Crippen LogP contribution in [0, 0.1) is 0 Å². The summed E-state index contributed by atoms with van der Waals surface area (Å²) in [6, 6.07) is 3.84. The van der Waals surface area contributed by atoms with Gasteiger partial charge in [0.25, 0.3) is 0 Å². The fourth-order valence-corrected chi connectivity index (χ4v) is 2.75. The van der Waals surface area contributed by atoms with Gasteiger partial charge in [-0.15, -0.1) is 0 Å². The van der Waals surface area contributed by atoms with Crippen LogP contribution in [0.15, 0.2) is 34.2 Å². The molecule has 0 aliphatic carbocycles. The van der Waals surface area contributed by atoms with Crippen LogP contribution in [0.3, 0.4) is 0 Å². The van der Waals surface area contributed by atoms with Gasteiger partial charge in [-0.3, -0.25) is 0 Å². The molecule has 0 heterocycles. The van der Waals surface area contributed by atoms with E-state index in [1.165, 1.54) is 25.3 Å². The lowest BCUT2D eigenvalue weighted by molar-refractivity contribution is 0.0600. The number of sulfonamides is 1. The van der Waals surface area contributed by atoms with Crippen molar-refractivity contribution in [3.63, 3.8) is 0 Å².